The van der Waals surface area contributed by atoms with Crippen molar-refractivity contribution in [3.63, 3.8) is 0 Å². The molecule has 0 unspecified atom stereocenters. The van der Waals surface area contributed by atoms with E-state index in [1.54, 1.807) is 18.2 Å². The first-order valence-electron chi connectivity index (χ1n) is 3.66. The Morgan fingerprint density at radius 2 is 2.15 bits per heavy atom. The summed E-state index contributed by atoms with van der Waals surface area (Å²) in [6, 6.07) is 5.37. The maximum absolute atomic E-state index is 9.98. The molecule has 13 heavy (non-hydrogen) atoms. The Morgan fingerprint density at radius 1 is 1.31 bits per heavy atom. The molecule has 1 aromatic carbocycles. The van der Waals surface area contributed by atoms with E-state index in [0.29, 0.717) is 6.29 Å². The van der Waals surface area contributed by atoms with Crippen LogP contribution in [-0.4, -0.2) is 21.7 Å². The zero-order valence-electron chi connectivity index (χ0n) is 6.61. The Labute approximate surface area is 74.0 Å². The molecule has 4 nitrogen and oxygen atoms in total. The van der Waals surface area contributed by atoms with Crippen molar-refractivity contribution in [2.75, 3.05) is 0 Å². The second kappa shape index (κ2) is 3.07. The van der Waals surface area contributed by atoms with Gasteiger partial charge in [0.25, 0.3) is 0 Å². The molecule has 0 amide bonds. The summed E-state index contributed by atoms with van der Waals surface area (Å²) < 4.78 is 0. The number of benzene rings is 1. The van der Waals surface area contributed by atoms with Gasteiger partial charge in [0.05, 0.1) is 0 Å². The molecule has 0 aliphatic rings. The number of H-pyrrole nitrogens is 1. The van der Waals surface area contributed by atoms with Gasteiger partial charge in [0.2, 0.25) is 0 Å². The summed E-state index contributed by atoms with van der Waals surface area (Å²) in [7, 11) is 0. The molecule has 2 aromatic rings. The number of rotatable bonds is 0. The summed E-state index contributed by atoms with van der Waals surface area (Å²) in [6.45, 7) is 0. The zero-order valence-corrected chi connectivity index (χ0v) is 6.61. The van der Waals surface area contributed by atoms with E-state index in [1.165, 1.54) is 0 Å². The summed E-state index contributed by atoms with van der Waals surface area (Å²) in [6.07, 6.45) is 0.562. The number of aromatic nitrogens is 3. The van der Waals surface area contributed by atoms with E-state index >= 15 is 0 Å². The lowest BCUT2D eigenvalue weighted by molar-refractivity contribution is -0.103. The number of aldehydes is 1. The van der Waals surface area contributed by atoms with Crippen LogP contribution in [0.3, 0.4) is 0 Å². The van der Waals surface area contributed by atoms with Gasteiger partial charge in [-0.15, -0.1) is 0 Å². The monoisotopic (exact) mass is 171 g/mol. The molecule has 0 spiro atoms. The summed E-state index contributed by atoms with van der Waals surface area (Å²) in [5.41, 5.74) is 2.29. The minimum Gasteiger partial charge on any atom is -0.289 e. The van der Waals surface area contributed by atoms with Gasteiger partial charge in [0.15, 0.2) is 6.29 Å². The number of fused-ring (bicyclic) bond motifs is 1. The first kappa shape index (κ1) is 7.50. The first-order chi connectivity index (χ1) is 6.40. The van der Waals surface area contributed by atoms with Crippen LogP contribution in [0.25, 0.3) is 11.0 Å². The van der Waals surface area contributed by atoms with Crippen LogP contribution < -0.4 is 0 Å². The van der Waals surface area contributed by atoms with E-state index in [1.807, 2.05) is 0 Å². The second-order valence-electron chi connectivity index (χ2n) is 2.41. The molecule has 0 bridgehead atoms. The van der Waals surface area contributed by atoms with E-state index in [4.69, 9.17) is 0 Å². The Hall–Kier alpha value is -2.15. The fourth-order valence-corrected chi connectivity index (χ4v) is 1.03. The number of hydrogen-bond acceptors (Lipinski definition) is 3. The lowest BCUT2D eigenvalue weighted by Crippen LogP contribution is -1.75. The lowest BCUT2D eigenvalue weighted by Gasteiger charge is -1.87. The smallest absolute Gasteiger partial charge is 0.193 e. The van der Waals surface area contributed by atoms with Crippen molar-refractivity contribution in [1.82, 2.24) is 15.4 Å². The van der Waals surface area contributed by atoms with Gasteiger partial charge in [-0.2, -0.15) is 15.4 Å². The van der Waals surface area contributed by atoms with Gasteiger partial charge in [-0.25, -0.2) is 0 Å². The Bertz CT molecular complexity index is 504. The number of carbonyl (C=O) groups excluding carboxylic acids is 1. The molecular formula is C9H5N3O. The molecule has 4 heteroatoms. The van der Waals surface area contributed by atoms with E-state index in [-0.39, 0.29) is 0 Å². The third-order valence-corrected chi connectivity index (χ3v) is 1.59. The van der Waals surface area contributed by atoms with Gasteiger partial charge in [-0.3, -0.25) is 4.79 Å². The Balaban J connectivity index is 2.54. The summed E-state index contributed by atoms with van der Waals surface area (Å²) in [5, 5.41) is 10.3. The van der Waals surface area contributed by atoms with Crippen LogP contribution in [0.15, 0.2) is 18.2 Å². The summed E-state index contributed by atoms with van der Waals surface area (Å²) in [4.78, 5) is 9.98. The molecule has 0 aliphatic carbocycles. The largest absolute Gasteiger partial charge is 0.289 e. The van der Waals surface area contributed by atoms with Gasteiger partial charge in [0.1, 0.15) is 11.0 Å². The highest BCUT2D eigenvalue weighted by atomic mass is 16.1. The van der Waals surface area contributed by atoms with Gasteiger partial charge in [0, 0.05) is 5.56 Å². The van der Waals surface area contributed by atoms with Crippen LogP contribution in [-0.2, 0) is 4.79 Å². The van der Waals surface area contributed by atoms with E-state index in [9.17, 15) is 4.79 Å². The van der Waals surface area contributed by atoms with Gasteiger partial charge < -0.3 is 0 Å². The van der Waals surface area contributed by atoms with Crippen LogP contribution in [0.2, 0.25) is 0 Å². The van der Waals surface area contributed by atoms with E-state index in [2.05, 4.69) is 27.3 Å². The van der Waals surface area contributed by atoms with Crippen molar-refractivity contribution < 1.29 is 4.79 Å². The molecule has 0 aliphatic heterocycles. The standard InChI is InChI=1S/C9H5N3O/c13-5-1-2-7-3-4-8-9(6-7)11-12-10-8/h3-6H,(H,10,11,12). The molecule has 2 rings (SSSR count). The fourth-order valence-electron chi connectivity index (χ4n) is 1.03. The highest BCUT2D eigenvalue weighted by molar-refractivity contribution is 5.77. The van der Waals surface area contributed by atoms with Crippen molar-refractivity contribution in [1.29, 1.82) is 0 Å². The van der Waals surface area contributed by atoms with Crippen molar-refractivity contribution in [3.8, 4) is 11.8 Å². The van der Waals surface area contributed by atoms with Crippen molar-refractivity contribution in [3.05, 3.63) is 23.8 Å². The van der Waals surface area contributed by atoms with Gasteiger partial charge in [-0.05, 0) is 24.1 Å². The van der Waals surface area contributed by atoms with Crippen LogP contribution in [0, 0.1) is 11.8 Å². The zero-order chi connectivity index (χ0) is 9.10. The maximum atomic E-state index is 9.98. The van der Waals surface area contributed by atoms with Crippen LogP contribution in [0.1, 0.15) is 5.56 Å². The highest BCUT2D eigenvalue weighted by Gasteiger charge is 1.96. The third kappa shape index (κ3) is 1.40. The van der Waals surface area contributed by atoms with Crippen LogP contribution in [0.4, 0.5) is 0 Å². The number of nitrogens with one attached hydrogen (secondary N) is 1. The van der Waals surface area contributed by atoms with Crippen LogP contribution >= 0.6 is 0 Å². The predicted octanol–water partition coefficient (Wildman–Crippen LogP) is 0.508. The molecule has 1 N–H and O–H groups in total. The predicted molar refractivity (Wildman–Crippen MR) is 46.8 cm³/mol. The average molecular weight is 171 g/mol. The molecule has 0 saturated carbocycles. The quantitative estimate of drug-likeness (QED) is 0.464. The Kier molecular flexibility index (Phi) is 1.77. The summed E-state index contributed by atoms with van der Waals surface area (Å²) in [5.74, 6) is 5.01. The lowest BCUT2D eigenvalue weighted by atomic mass is 10.2. The fraction of sp³-hybridized carbons (Fsp3) is 0. The molecular weight excluding hydrogens is 166 g/mol. The van der Waals surface area contributed by atoms with E-state index in [0.717, 1.165) is 16.6 Å². The SMILES string of the molecule is O=CC#Cc1ccc2n[nH]nc2c1. The Morgan fingerprint density at radius 3 is 3.00 bits per heavy atom. The van der Waals surface area contributed by atoms with Crippen molar-refractivity contribution >= 4 is 17.3 Å². The molecule has 0 atom stereocenters. The molecule has 1 heterocycles. The topological polar surface area (TPSA) is 58.6 Å². The maximum Gasteiger partial charge on any atom is 0.193 e. The van der Waals surface area contributed by atoms with Gasteiger partial charge in [-0.1, -0.05) is 5.92 Å². The molecule has 0 fully saturated rings. The minimum absolute atomic E-state index is 0.562. The third-order valence-electron chi connectivity index (χ3n) is 1.59. The van der Waals surface area contributed by atoms with E-state index < -0.39 is 0 Å². The average Bonchev–Trinajstić information content (AvgIpc) is 2.61. The number of nitrogens with zero attached hydrogens (tertiary/aromatic N) is 2. The van der Waals surface area contributed by atoms with Crippen LogP contribution in [0.5, 0.6) is 0 Å². The highest BCUT2D eigenvalue weighted by Crippen LogP contribution is 2.08. The minimum atomic E-state index is 0.562. The normalized spacial score (nSPS) is 9.23. The molecule has 62 valence electrons. The summed E-state index contributed by atoms with van der Waals surface area (Å²) >= 11 is 0. The van der Waals surface area contributed by atoms with Gasteiger partial charge >= 0.3 is 0 Å². The van der Waals surface area contributed by atoms with Crippen molar-refractivity contribution in [2.45, 2.75) is 0 Å². The molecule has 0 radical (unpaired) electrons. The number of hydrogen-bond donors (Lipinski definition) is 1. The number of aromatic amines is 1. The second-order valence-corrected chi connectivity index (χ2v) is 2.41. The first-order valence-corrected chi connectivity index (χ1v) is 3.66. The number of carbonyl (C=O) groups is 1. The molecule has 0 saturated heterocycles. The molecule has 1 aromatic heterocycles. The van der Waals surface area contributed by atoms with Crippen molar-refractivity contribution in [2.24, 2.45) is 0 Å².